The molecule has 4 unspecified atom stereocenters. The minimum Gasteiger partial charge on any atom is -0.395 e. The van der Waals surface area contributed by atoms with Crippen molar-refractivity contribution < 1.29 is 14.1 Å². The summed E-state index contributed by atoms with van der Waals surface area (Å²) in [5, 5.41) is 11.2. The van der Waals surface area contributed by atoms with Gasteiger partial charge in [-0.25, -0.2) is 0 Å². The summed E-state index contributed by atoms with van der Waals surface area (Å²) in [5.74, 6) is 0.538. The highest BCUT2D eigenvalue weighted by molar-refractivity contribution is 7.86. The lowest BCUT2D eigenvalue weighted by Crippen LogP contribution is -2.46. The molecule has 0 saturated heterocycles. The van der Waals surface area contributed by atoms with Gasteiger partial charge in [0.15, 0.2) is 0 Å². The Hall–Kier alpha value is -0.420. The van der Waals surface area contributed by atoms with Gasteiger partial charge >= 0.3 is 0 Å². The van der Waals surface area contributed by atoms with Crippen LogP contribution in [0.1, 0.15) is 39.5 Å². The Kier molecular flexibility index (Phi) is 6.12. The normalized spacial score (nSPS) is 28.4. The van der Waals surface area contributed by atoms with Gasteiger partial charge in [-0.3, -0.25) is 9.00 Å². The van der Waals surface area contributed by atoms with E-state index in [-0.39, 0.29) is 24.3 Å². The summed E-state index contributed by atoms with van der Waals surface area (Å²) < 4.78 is 11.6. The van der Waals surface area contributed by atoms with Crippen LogP contribution in [0.4, 0.5) is 0 Å². The smallest absolute Gasteiger partial charge is 0.235 e. The number of aliphatic hydroxyl groups excluding tert-OH is 1. The summed E-state index contributed by atoms with van der Waals surface area (Å²) in [7, 11) is -1.27. The lowest BCUT2D eigenvalue weighted by Gasteiger charge is -2.30. The summed E-state index contributed by atoms with van der Waals surface area (Å²) >= 11 is 0. The molecule has 1 aliphatic rings. The third kappa shape index (κ3) is 4.39. The minimum absolute atomic E-state index is 0.135. The lowest BCUT2D eigenvalue weighted by molar-refractivity contribution is -0.121. The van der Waals surface area contributed by atoms with E-state index in [1.165, 1.54) is 6.42 Å². The summed E-state index contributed by atoms with van der Waals surface area (Å²) in [6.07, 6.45) is 4.56. The standard InChI is InChI=1S/C12H23NO3S/c1-9-5-3-4-6-11(9)13-12(15)10(2)17(16)8-7-14/h9-11,14H,3-8H2,1-2H3,(H,13,15). The molecule has 4 nitrogen and oxygen atoms in total. The van der Waals surface area contributed by atoms with E-state index in [2.05, 4.69) is 12.2 Å². The second kappa shape index (κ2) is 7.11. The summed E-state index contributed by atoms with van der Waals surface area (Å²) in [6.45, 7) is 3.68. The summed E-state index contributed by atoms with van der Waals surface area (Å²) in [4.78, 5) is 11.9. The first-order chi connectivity index (χ1) is 8.06. The molecule has 0 aromatic heterocycles. The van der Waals surface area contributed by atoms with Gasteiger partial charge in [-0.05, 0) is 25.7 Å². The number of carbonyl (C=O) groups is 1. The maximum Gasteiger partial charge on any atom is 0.235 e. The molecule has 0 spiro atoms. The van der Waals surface area contributed by atoms with Gasteiger partial charge in [-0.15, -0.1) is 0 Å². The van der Waals surface area contributed by atoms with Crippen LogP contribution < -0.4 is 5.32 Å². The number of hydrogen-bond acceptors (Lipinski definition) is 3. The highest BCUT2D eigenvalue weighted by Gasteiger charge is 2.26. The van der Waals surface area contributed by atoms with Crippen LogP contribution in [-0.4, -0.2) is 38.9 Å². The van der Waals surface area contributed by atoms with Crippen LogP contribution >= 0.6 is 0 Å². The van der Waals surface area contributed by atoms with Crippen molar-refractivity contribution in [1.82, 2.24) is 5.32 Å². The highest BCUT2D eigenvalue weighted by atomic mass is 32.2. The van der Waals surface area contributed by atoms with Gasteiger partial charge in [-0.2, -0.15) is 0 Å². The second-order valence-corrected chi connectivity index (χ2v) is 6.70. The van der Waals surface area contributed by atoms with E-state index >= 15 is 0 Å². The van der Waals surface area contributed by atoms with Crippen LogP contribution in [0.2, 0.25) is 0 Å². The number of hydrogen-bond donors (Lipinski definition) is 2. The maximum atomic E-state index is 11.9. The summed E-state index contributed by atoms with van der Waals surface area (Å²) in [6, 6.07) is 0.227. The van der Waals surface area contributed by atoms with E-state index in [9.17, 15) is 9.00 Å². The molecule has 1 saturated carbocycles. The molecule has 4 atom stereocenters. The number of carbonyl (C=O) groups excluding carboxylic acids is 1. The Balaban J connectivity index is 2.44. The number of rotatable bonds is 5. The Morgan fingerprint density at radius 2 is 2.12 bits per heavy atom. The fraction of sp³-hybridized carbons (Fsp3) is 0.917. The van der Waals surface area contributed by atoms with E-state index in [1.54, 1.807) is 6.92 Å². The molecule has 100 valence electrons. The van der Waals surface area contributed by atoms with Crippen molar-refractivity contribution in [1.29, 1.82) is 0 Å². The van der Waals surface area contributed by atoms with Crippen molar-refractivity contribution in [2.24, 2.45) is 5.92 Å². The van der Waals surface area contributed by atoms with Crippen molar-refractivity contribution in [3.05, 3.63) is 0 Å². The first kappa shape index (κ1) is 14.6. The van der Waals surface area contributed by atoms with Crippen LogP contribution in [-0.2, 0) is 15.6 Å². The van der Waals surface area contributed by atoms with Gasteiger partial charge in [-0.1, -0.05) is 19.8 Å². The molecule has 0 aromatic carbocycles. The van der Waals surface area contributed by atoms with Crippen LogP contribution in [0, 0.1) is 5.92 Å². The first-order valence-electron chi connectivity index (χ1n) is 6.34. The molecule has 1 rings (SSSR count). The van der Waals surface area contributed by atoms with Gasteiger partial charge in [0.2, 0.25) is 5.91 Å². The Morgan fingerprint density at radius 1 is 1.47 bits per heavy atom. The molecule has 0 radical (unpaired) electrons. The minimum atomic E-state index is -1.27. The molecule has 2 N–H and O–H groups in total. The average molecular weight is 261 g/mol. The topological polar surface area (TPSA) is 66.4 Å². The molecule has 1 amide bonds. The molecule has 0 aromatic rings. The fourth-order valence-electron chi connectivity index (χ4n) is 2.22. The van der Waals surface area contributed by atoms with Crippen molar-refractivity contribution >= 4 is 16.7 Å². The zero-order valence-electron chi connectivity index (χ0n) is 10.6. The molecule has 0 heterocycles. The van der Waals surface area contributed by atoms with E-state index in [1.807, 2.05) is 0 Å². The van der Waals surface area contributed by atoms with Crippen molar-refractivity contribution in [2.75, 3.05) is 12.4 Å². The molecular formula is C12H23NO3S. The Labute approximate surface area is 106 Å². The predicted molar refractivity (Wildman–Crippen MR) is 69.1 cm³/mol. The highest BCUT2D eigenvalue weighted by Crippen LogP contribution is 2.23. The van der Waals surface area contributed by atoms with Crippen LogP contribution in [0.5, 0.6) is 0 Å². The predicted octanol–water partition coefficient (Wildman–Crippen LogP) is 0.811. The number of aliphatic hydroxyl groups is 1. The fourth-order valence-corrected chi connectivity index (χ4v) is 3.06. The molecular weight excluding hydrogens is 238 g/mol. The molecule has 17 heavy (non-hydrogen) atoms. The Morgan fingerprint density at radius 3 is 2.71 bits per heavy atom. The number of amides is 1. The second-order valence-electron chi connectivity index (χ2n) is 4.83. The van der Waals surface area contributed by atoms with E-state index in [0.29, 0.717) is 5.92 Å². The monoisotopic (exact) mass is 261 g/mol. The van der Waals surface area contributed by atoms with Gasteiger partial charge in [0.1, 0.15) is 5.25 Å². The molecule has 0 aliphatic heterocycles. The molecule has 1 aliphatic carbocycles. The third-order valence-electron chi connectivity index (χ3n) is 3.50. The molecule has 0 bridgehead atoms. The van der Waals surface area contributed by atoms with Gasteiger partial charge in [0.05, 0.1) is 6.61 Å². The zero-order chi connectivity index (χ0) is 12.8. The first-order valence-corrected chi connectivity index (χ1v) is 7.73. The van der Waals surface area contributed by atoms with Crippen molar-refractivity contribution in [2.45, 2.75) is 50.8 Å². The zero-order valence-corrected chi connectivity index (χ0v) is 11.5. The quantitative estimate of drug-likeness (QED) is 0.769. The Bertz CT molecular complexity index is 283. The SMILES string of the molecule is CC1CCCCC1NC(=O)C(C)S(=O)CCO. The van der Waals surface area contributed by atoms with Crippen LogP contribution in [0.15, 0.2) is 0 Å². The number of nitrogens with one attached hydrogen (secondary N) is 1. The summed E-state index contributed by atoms with van der Waals surface area (Å²) in [5.41, 5.74) is 0. The van der Waals surface area contributed by atoms with E-state index in [0.717, 1.165) is 19.3 Å². The van der Waals surface area contributed by atoms with Crippen LogP contribution in [0.3, 0.4) is 0 Å². The lowest BCUT2D eigenvalue weighted by atomic mass is 9.86. The third-order valence-corrected chi connectivity index (χ3v) is 5.08. The molecule has 1 fully saturated rings. The van der Waals surface area contributed by atoms with Crippen LogP contribution in [0.25, 0.3) is 0 Å². The largest absolute Gasteiger partial charge is 0.395 e. The van der Waals surface area contributed by atoms with E-state index < -0.39 is 16.0 Å². The van der Waals surface area contributed by atoms with Crippen molar-refractivity contribution in [3.8, 4) is 0 Å². The van der Waals surface area contributed by atoms with Gasteiger partial charge in [0, 0.05) is 22.6 Å². The van der Waals surface area contributed by atoms with Crippen molar-refractivity contribution in [3.63, 3.8) is 0 Å². The molecule has 5 heteroatoms. The maximum absolute atomic E-state index is 11.9. The average Bonchev–Trinajstić information content (AvgIpc) is 2.31. The van der Waals surface area contributed by atoms with E-state index in [4.69, 9.17) is 5.11 Å². The van der Waals surface area contributed by atoms with Gasteiger partial charge < -0.3 is 10.4 Å². The van der Waals surface area contributed by atoms with Gasteiger partial charge in [0.25, 0.3) is 0 Å².